The molecule has 2 heterocycles. The maximum absolute atomic E-state index is 11.9. The lowest BCUT2D eigenvalue weighted by atomic mass is 9.98. The van der Waals surface area contributed by atoms with Crippen molar-refractivity contribution in [3.05, 3.63) is 20.8 Å². The van der Waals surface area contributed by atoms with Crippen LogP contribution >= 0.6 is 27.3 Å². The third kappa shape index (κ3) is 5.90. The number of hydrogen-bond donors (Lipinski definition) is 2. The molecule has 1 saturated heterocycles. The summed E-state index contributed by atoms with van der Waals surface area (Å²) in [5.74, 6) is 0.445. The van der Waals surface area contributed by atoms with Gasteiger partial charge >= 0.3 is 0 Å². The lowest BCUT2D eigenvalue weighted by Gasteiger charge is -2.35. The van der Waals surface area contributed by atoms with Gasteiger partial charge in [-0.15, -0.1) is 11.3 Å². The average Bonchev–Trinajstić information content (AvgIpc) is 2.97. The molecule has 7 heteroatoms. The van der Waals surface area contributed by atoms with Crippen LogP contribution in [0.15, 0.2) is 15.9 Å². The topological polar surface area (TPSA) is 61.4 Å². The number of nitrogens with one attached hydrogen (secondary N) is 2. The molecule has 0 radical (unpaired) electrons. The maximum atomic E-state index is 11.9. The molecular weight excluding hydrogens is 378 g/mol. The molecule has 1 atom stereocenters. The molecule has 1 aromatic rings. The largest absolute Gasteiger partial charge is 0.353 e. The first kappa shape index (κ1) is 18.4. The Kier molecular flexibility index (Phi) is 7.05. The van der Waals surface area contributed by atoms with Crippen LogP contribution in [-0.4, -0.2) is 48.9 Å². The minimum atomic E-state index is -0.214. The SMILES string of the molecule is CC1CCN(C(C)CNC(=O)CNC(=O)c2ccc(Br)s2)CC1. The summed E-state index contributed by atoms with van der Waals surface area (Å²) < 4.78 is 0.900. The van der Waals surface area contributed by atoms with Gasteiger partial charge < -0.3 is 10.6 Å². The third-order valence-electron chi connectivity index (χ3n) is 4.24. The van der Waals surface area contributed by atoms with Gasteiger partial charge in [-0.05, 0) is 66.8 Å². The molecular formula is C16H24BrN3O2S. The molecule has 5 nitrogen and oxygen atoms in total. The molecule has 2 N–H and O–H groups in total. The average molecular weight is 402 g/mol. The van der Waals surface area contributed by atoms with Gasteiger partial charge in [0, 0.05) is 12.6 Å². The van der Waals surface area contributed by atoms with Gasteiger partial charge in [-0.1, -0.05) is 6.92 Å². The second kappa shape index (κ2) is 8.80. The number of thiophene rings is 1. The second-order valence-corrected chi connectivity index (χ2v) is 8.62. The highest BCUT2D eigenvalue weighted by molar-refractivity contribution is 9.11. The number of carbonyl (C=O) groups excluding carboxylic acids is 2. The van der Waals surface area contributed by atoms with E-state index in [0.717, 1.165) is 22.8 Å². The molecule has 1 unspecified atom stereocenters. The number of amides is 2. The monoisotopic (exact) mass is 401 g/mol. The van der Waals surface area contributed by atoms with Gasteiger partial charge in [0.2, 0.25) is 5.91 Å². The summed E-state index contributed by atoms with van der Waals surface area (Å²) in [5, 5.41) is 5.55. The number of piperidine rings is 1. The van der Waals surface area contributed by atoms with E-state index in [-0.39, 0.29) is 18.4 Å². The van der Waals surface area contributed by atoms with Gasteiger partial charge in [0.05, 0.1) is 15.2 Å². The van der Waals surface area contributed by atoms with Gasteiger partial charge in [0.25, 0.3) is 5.91 Å². The molecule has 0 bridgehead atoms. The Labute approximate surface area is 149 Å². The fourth-order valence-electron chi connectivity index (χ4n) is 2.61. The zero-order chi connectivity index (χ0) is 16.8. The highest BCUT2D eigenvalue weighted by Crippen LogP contribution is 2.21. The molecule has 1 aliphatic heterocycles. The van der Waals surface area contributed by atoms with Crippen LogP contribution in [0.25, 0.3) is 0 Å². The highest BCUT2D eigenvalue weighted by Gasteiger charge is 2.20. The molecule has 2 rings (SSSR count). The van der Waals surface area contributed by atoms with E-state index in [0.29, 0.717) is 17.5 Å². The zero-order valence-corrected chi connectivity index (χ0v) is 16.0. The molecule has 0 aromatic carbocycles. The number of likely N-dealkylation sites (tertiary alicyclic amines) is 1. The van der Waals surface area contributed by atoms with Crippen LogP contribution in [0.2, 0.25) is 0 Å². The quantitative estimate of drug-likeness (QED) is 0.769. The maximum Gasteiger partial charge on any atom is 0.261 e. The Morgan fingerprint density at radius 3 is 2.65 bits per heavy atom. The highest BCUT2D eigenvalue weighted by atomic mass is 79.9. The van der Waals surface area contributed by atoms with Crippen molar-refractivity contribution in [3.8, 4) is 0 Å². The fourth-order valence-corrected chi connectivity index (χ4v) is 3.91. The minimum Gasteiger partial charge on any atom is -0.353 e. The molecule has 23 heavy (non-hydrogen) atoms. The summed E-state index contributed by atoms with van der Waals surface area (Å²) in [5.41, 5.74) is 0. The second-order valence-electron chi connectivity index (χ2n) is 6.16. The van der Waals surface area contributed by atoms with Crippen molar-refractivity contribution in [2.24, 2.45) is 5.92 Å². The first-order valence-corrected chi connectivity index (χ1v) is 9.61. The summed E-state index contributed by atoms with van der Waals surface area (Å²) in [6.07, 6.45) is 2.45. The van der Waals surface area contributed by atoms with Gasteiger partial charge in [-0.25, -0.2) is 0 Å². The van der Waals surface area contributed by atoms with E-state index >= 15 is 0 Å². The van der Waals surface area contributed by atoms with E-state index in [1.165, 1.54) is 24.2 Å². The molecule has 128 valence electrons. The van der Waals surface area contributed by atoms with Crippen LogP contribution in [0.1, 0.15) is 36.4 Å². The fraction of sp³-hybridized carbons (Fsp3) is 0.625. The molecule has 1 aliphatic rings. The summed E-state index contributed by atoms with van der Waals surface area (Å²) in [7, 11) is 0. The first-order valence-electron chi connectivity index (χ1n) is 8.00. The Bertz CT molecular complexity index is 541. The molecule has 1 fully saturated rings. The van der Waals surface area contributed by atoms with E-state index in [2.05, 4.69) is 45.3 Å². The summed E-state index contributed by atoms with van der Waals surface area (Å²) >= 11 is 4.67. The molecule has 0 spiro atoms. The molecule has 2 amide bonds. The summed E-state index contributed by atoms with van der Waals surface area (Å²) in [6, 6.07) is 3.89. The van der Waals surface area contributed by atoms with Crippen LogP contribution in [0.5, 0.6) is 0 Å². The number of halogens is 1. The van der Waals surface area contributed by atoms with E-state index in [9.17, 15) is 9.59 Å². The Balaban J connectivity index is 1.65. The zero-order valence-electron chi connectivity index (χ0n) is 13.6. The van der Waals surface area contributed by atoms with Gasteiger partial charge in [0.15, 0.2) is 0 Å². The Morgan fingerprint density at radius 2 is 2.04 bits per heavy atom. The Hall–Kier alpha value is -0.920. The molecule has 1 aromatic heterocycles. The molecule has 0 saturated carbocycles. The van der Waals surface area contributed by atoms with Gasteiger partial charge in [0.1, 0.15) is 0 Å². The number of carbonyl (C=O) groups is 2. The van der Waals surface area contributed by atoms with Crippen molar-refractivity contribution in [1.82, 2.24) is 15.5 Å². The van der Waals surface area contributed by atoms with Gasteiger partial charge in [-0.2, -0.15) is 0 Å². The van der Waals surface area contributed by atoms with Crippen molar-refractivity contribution >= 4 is 39.1 Å². The lowest BCUT2D eigenvalue weighted by Crippen LogP contribution is -2.47. The van der Waals surface area contributed by atoms with Crippen molar-refractivity contribution < 1.29 is 9.59 Å². The normalized spacial score (nSPS) is 17.7. The van der Waals surface area contributed by atoms with Crippen LogP contribution in [-0.2, 0) is 4.79 Å². The van der Waals surface area contributed by atoms with Crippen LogP contribution < -0.4 is 10.6 Å². The van der Waals surface area contributed by atoms with Crippen LogP contribution in [0.4, 0.5) is 0 Å². The van der Waals surface area contributed by atoms with E-state index in [4.69, 9.17) is 0 Å². The van der Waals surface area contributed by atoms with Gasteiger partial charge in [-0.3, -0.25) is 14.5 Å². The van der Waals surface area contributed by atoms with E-state index in [1.54, 1.807) is 6.07 Å². The number of rotatable bonds is 6. The van der Waals surface area contributed by atoms with Crippen molar-refractivity contribution in [2.75, 3.05) is 26.2 Å². The van der Waals surface area contributed by atoms with Crippen molar-refractivity contribution in [2.45, 2.75) is 32.7 Å². The smallest absolute Gasteiger partial charge is 0.261 e. The summed E-state index contributed by atoms with van der Waals surface area (Å²) in [4.78, 5) is 26.8. The third-order valence-corrected chi connectivity index (χ3v) is 5.87. The van der Waals surface area contributed by atoms with Crippen LogP contribution in [0, 0.1) is 5.92 Å². The number of nitrogens with zero attached hydrogens (tertiary/aromatic N) is 1. The van der Waals surface area contributed by atoms with Crippen molar-refractivity contribution in [3.63, 3.8) is 0 Å². The van der Waals surface area contributed by atoms with E-state index < -0.39 is 0 Å². The minimum absolute atomic E-state index is 0.0120. The predicted octanol–water partition coefficient (Wildman–Crippen LogP) is 2.48. The standard InChI is InChI=1S/C16H24BrN3O2S/c1-11-5-7-20(8-6-11)12(2)9-18-15(21)10-19-16(22)13-3-4-14(17)23-13/h3-4,11-12H,5-10H2,1-2H3,(H,18,21)(H,19,22). The summed E-state index contributed by atoms with van der Waals surface area (Å²) in [6.45, 7) is 7.26. The van der Waals surface area contributed by atoms with E-state index in [1.807, 2.05) is 6.07 Å². The first-order chi connectivity index (χ1) is 11.0. The van der Waals surface area contributed by atoms with Crippen LogP contribution in [0.3, 0.4) is 0 Å². The predicted molar refractivity (Wildman–Crippen MR) is 96.8 cm³/mol. The van der Waals surface area contributed by atoms with Crippen molar-refractivity contribution in [1.29, 1.82) is 0 Å². The lowest BCUT2D eigenvalue weighted by molar-refractivity contribution is -0.120. The molecule has 0 aliphatic carbocycles. The number of hydrogen-bond acceptors (Lipinski definition) is 4. The Morgan fingerprint density at radius 1 is 1.35 bits per heavy atom.